The lowest BCUT2D eigenvalue weighted by molar-refractivity contribution is -0.120. The molecule has 0 spiro atoms. The van der Waals surface area contributed by atoms with E-state index in [0.29, 0.717) is 103 Å². The number of amides is 5. The van der Waals surface area contributed by atoms with Crippen LogP contribution in [-0.2, 0) is 31.9 Å². The Kier molecular flexibility index (Phi) is 15.4. The largest absolute Gasteiger partial charge is 0.497 e. The van der Waals surface area contributed by atoms with Gasteiger partial charge in [0, 0.05) is 72.9 Å². The van der Waals surface area contributed by atoms with Gasteiger partial charge in [0.25, 0.3) is 17.7 Å². The minimum atomic E-state index is -0.666. The Balaban J connectivity index is 0.000000184. The SMILES string of the molecule is COc1ccc(-n2nc(C(=O)OCCOCCO)c3c2C(=O)N(c2ccc(N4CCCCC4=O)cc2)CC3)cc1.COc1ccc(-n2nc(C(N)=O)c3c2C(=O)N(c2ccc(N4CCCCC4=O)cc2)CC3)cc1. The fraction of sp³-hybridized carbons (Fsp3) is 0.333. The van der Waals surface area contributed by atoms with Crippen molar-refractivity contribution in [2.45, 2.75) is 51.4 Å². The molecule has 3 N–H and O–H groups in total. The van der Waals surface area contributed by atoms with E-state index in [1.165, 1.54) is 9.36 Å². The van der Waals surface area contributed by atoms with E-state index < -0.39 is 11.9 Å². The zero-order valence-electron chi connectivity index (χ0n) is 41.2. The number of rotatable bonds is 15. The Bertz CT molecular complexity index is 3040. The van der Waals surface area contributed by atoms with Crippen LogP contribution < -0.4 is 34.8 Å². The van der Waals surface area contributed by atoms with Gasteiger partial charge in [0.15, 0.2) is 11.4 Å². The average molecular weight is 1010 g/mol. The molecule has 6 heterocycles. The zero-order chi connectivity index (χ0) is 51.9. The van der Waals surface area contributed by atoms with Crippen molar-refractivity contribution in [3.05, 3.63) is 131 Å². The van der Waals surface area contributed by atoms with E-state index in [1.54, 1.807) is 82.4 Å². The first-order chi connectivity index (χ1) is 36.0. The lowest BCUT2D eigenvalue weighted by atomic mass is 10.0. The van der Waals surface area contributed by atoms with Gasteiger partial charge in [-0.05, 0) is 136 Å². The topological polar surface area (TPSA) is 234 Å². The van der Waals surface area contributed by atoms with Crippen molar-refractivity contribution in [2.24, 2.45) is 5.73 Å². The number of aromatic nitrogens is 4. The van der Waals surface area contributed by atoms with Crippen LogP contribution in [0.15, 0.2) is 97.1 Å². The number of hydrogen-bond donors (Lipinski definition) is 2. The van der Waals surface area contributed by atoms with E-state index >= 15 is 0 Å². The molecule has 384 valence electrons. The summed E-state index contributed by atoms with van der Waals surface area (Å²) < 4.78 is 23.9. The van der Waals surface area contributed by atoms with E-state index in [0.717, 1.165) is 37.1 Å². The molecule has 20 nitrogen and oxygen atoms in total. The quantitative estimate of drug-likeness (QED) is 0.0962. The van der Waals surface area contributed by atoms with Crippen LogP contribution in [0.2, 0.25) is 0 Å². The second kappa shape index (κ2) is 22.6. The Morgan fingerprint density at radius 2 is 0.919 bits per heavy atom. The highest BCUT2D eigenvalue weighted by atomic mass is 16.6. The van der Waals surface area contributed by atoms with Gasteiger partial charge < -0.3 is 49.4 Å². The first-order valence-corrected chi connectivity index (χ1v) is 24.6. The summed E-state index contributed by atoms with van der Waals surface area (Å²) in [5.41, 5.74) is 11.7. The lowest BCUT2D eigenvalue weighted by Gasteiger charge is -2.29. The molecule has 0 aliphatic carbocycles. The van der Waals surface area contributed by atoms with Crippen molar-refractivity contribution < 1.29 is 52.8 Å². The second-order valence-electron chi connectivity index (χ2n) is 17.9. The third kappa shape index (κ3) is 10.4. The predicted molar refractivity (Wildman–Crippen MR) is 273 cm³/mol. The summed E-state index contributed by atoms with van der Waals surface area (Å²) in [5, 5.41) is 17.7. The number of carbonyl (C=O) groups excluding carboxylic acids is 6. The highest BCUT2D eigenvalue weighted by Crippen LogP contribution is 2.34. The van der Waals surface area contributed by atoms with Crippen molar-refractivity contribution >= 4 is 58.3 Å². The molecule has 0 saturated carbocycles. The zero-order valence-corrected chi connectivity index (χ0v) is 41.2. The van der Waals surface area contributed by atoms with Crippen molar-refractivity contribution in [1.29, 1.82) is 0 Å². The molecule has 0 atom stereocenters. The highest BCUT2D eigenvalue weighted by Gasteiger charge is 2.37. The molecule has 4 aliphatic rings. The number of nitrogens with two attached hydrogens (primary N) is 1. The van der Waals surface area contributed by atoms with Crippen LogP contribution in [0.1, 0.15) is 91.6 Å². The van der Waals surface area contributed by atoms with E-state index in [-0.39, 0.29) is 67.1 Å². The van der Waals surface area contributed by atoms with Crippen molar-refractivity contribution in [3.8, 4) is 22.9 Å². The molecule has 2 saturated heterocycles. The van der Waals surface area contributed by atoms with E-state index in [1.807, 2.05) is 48.5 Å². The Labute approximate surface area is 426 Å². The maximum atomic E-state index is 13.9. The van der Waals surface area contributed by atoms with Gasteiger partial charge in [0.1, 0.15) is 29.5 Å². The number of primary amides is 1. The minimum Gasteiger partial charge on any atom is -0.497 e. The number of ether oxygens (including phenoxy) is 4. The fourth-order valence-corrected chi connectivity index (χ4v) is 9.61. The van der Waals surface area contributed by atoms with Crippen LogP contribution in [0.5, 0.6) is 11.5 Å². The van der Waals surface area contributed by atoms with E-state index in [9.17, 15) is 28.8 Å². The summed E-state index contributed by atoms with van der Waals surface area (Å²) in [4.78, 5) is 84.1. The van der Waals surface area contributed by atoms with Gasteiger partial charge in [-0.25, -0.2) is 14.2 Å². The first kappa shape index (κ1) is 50.6. The van der Waals surface area contributed by atoms with Crippen LogP contribution in [-0.4, -0.2) is 127 Å². The van der Waals surface area contributed by atoms with Crippen molar-refractivity contribution in [2.75, 3.05) is 86.4 Å². The lowest BCUT2D eigenvalue weighted by Crippen LogP contribution is -2.39. The summed E-state index contributed by atoms with van der Waals surface area (Å²) in [6, 6.07) is 29.0. The maximum absolute atomic E-state index is 13.9. The molecule has 4 aliphatic heterocycles. The normalized spacial score (nSPS) is 15.6. The molecule has 74 heavy (non-hydrogen) atoms. The molecule has 20 heteroatoms. The number of piperidine rings is 2. The molecule has 10 rings (SSSR count). The summed E-state index contributed by atoms with van der Waals surface area (Å²) in [6.45, 7) is 2.31. The van der Waals surface area contributed by atoms with Crippen LogP contribution in [0.3, 0.4) is 0 Å². The average Bonchev–Trinajstić information content (AvgIpc) is 4.04. The Morgan fingerprint density at radius 1 is 0.514 bits per heavy atom. The van der Waals surface area contributed by atoms with Gasteiger partial charge in [0.2, 0.25) is 11.8 Å². The molecule has 0 bridgehead atoms. The summed E-state index contributed by atoms with van der Waals surface area (Å²) in [6.07, 6.45) is 5.74. The smallest absolute Gasteiger partial charge is 0.359 e. The summed E-state index contributed by atoms with van der Waals surface area (Å²) in [5.74, 6) is -0.322. The molecule has 2 fully saturated rings. The summed E-state index contributed by atoms with van der Waals surface area (Å²) in [7, 11) is 3.14. The van der Waals surface area contributed by atoms with Crippen LogP contribution >= 0.6 is 0 Å². The number of esters is 1. The monoisotopic (exact) mass is 1010 g/mol. The maximum Gasteiger partial charge on any atom is 0.359 e. The number of carbonyl (C=O) groups is 6. The third-order valence-corrected chi connectivity index (χ3v) is 13.4. The van der Waals surface area contributed by atoms with Crippen LogP contribution in [0.4, 0.5) is 22.7 Å². The Morgan fingerprint density at radius 3 is 1.32 bits per heavy atom. The number of anilines is 4. The number of hydrogen-bond acceptors (Lipinski definition) is 13. The van der Waals surface area contributed by atoms with Gasteiger partial charge in [-0.2, -0.15) is 10.2 Å². The molecular formula is C54H57N9O11. The van der Waals surface area contributed by atoms with Crippen LogP contribution in [0, 0.1) is 0 Å². The fourth-order valence-electron chi connectivity index (χ4n) is 9.61. The molecule has 4 aromatic carbocycles. The number of benzene rings is 4. The number of aliphatic hydroxyl groups excluding tert-OH is 1. The first-order valence-electron chi connectivity index (χ1n) is 24.6. The number of aliphatic hydroxyl groups is 1. The Hall–Kier alpha value is -8.36. The summed E-state index contributed by atoms with van der Waals surface area (Å²) >= 11 is 0. The number of methoxy groups -OCH3 is 2. The second-order valence-corrected chi connectivity index (χ2v) is 17.9. The molecule has 2 aromatic heterocycles. The molecule has 0 unspecified atom stereocenters. The van der Waals surface area contributed by atoms with Gasteiger partial charge in [-0.15, -0.1) is 0 Å². The van der Waals surface area contributed by atoms with Crippen molar-refractivity contribution in [1.82, 2.24) is 19.6 Å². The third-order valence-electron chi connectivity index (χ3n) is 13.4. The van der Waals surface area contributed by atoms with Crippen molar-refractivity contribution in [3.63, 3.8) is 0 Å². The highest BCUT2D eigenvalue weighted by molar-refractivity contribution is 6.10. The molecule has 5 amide bonds. The van der Waals surface area contributed by atoms with Gasteiger partial charge in [0.05, 0.1) is 45.4 Å². The van der Waals surface area contributed by atoms with E-state index in [2.05, 4.69) is 10.2 Å². The minimum absolute atomic E-state index is 0.00502. The van der Waals surface area contributed by atoms with Crippen LogP contribution in [0.25, 0.3) is 11.4 Å². The number of nitrogens with zero attached hydrogens (tertiary/aromatic N) is 8. The number of fused-ring (bicyclic) bond motifs is 2. The predicted octanol–water partition coefficient (Wildman–Crippen LogP) is 5.47. The van der Waals surface area contributed by atoms with Gasteiger partial charge in [-0.3, -0.25) is 24.0 Å². The standard InChI is InChI=1S/C29H32N4O7.C25H25N5O4/c1-38-23-11-9-22(10-12-23)33-27-24(26(30-33)29(37)40-19-18-39-17-16-34)13-15-32(28(27)36)21-7-5-20(6-8-21)31-14-3-2-4-25(31)35;1-34-19-11-9-18(10-12-19)30-23-20(22(27-30)24(26)32)13-15-29(25(23)33)17-7-5-16(6-8-17)28-14-3-2-4-21(28)31/h5-12,34H,2-4,13-19H2,1H3;5-12H,2-4,13-15H2,1H3,(H2,26,32). The van der Waals surface area contributed by atoms with Gasteiger partial charge in [-0.1, -0.05) is 0 Å². The van der Waals surface area contributed by atoms with E-state index in [4.69, 9.17) is 29.8 Å². The van der Waals surface area contributed by atoms with Gasteiger partial charge >= 0.3 is 5.97 Å². The molecular weight excluding hydrogens is 951 g/mol. The molecule has 6 aromatic rings. The molecule has 0 radical (unpaired) electrons.